The molecule has 1 aliphatic rings. The van der Waals surface area contributed by atoms with Crippen LogP contribution in [0.1, 0.15) is 32.5 Å². The number of carbonyl (C=O) groups excluding carboxylic acids is 3. The SMILES string of the molecule is COC(=O)c1sc(N2C(=O)C(=O)C(=C(O)c3ccccc3)[C@@H]2c2cccc([N+](=O)[O-])c2)nc1C. The van der Waals surface area contributed by atoms with Crippen LogP contribution in [0.3, 0.4) is 0 Å². The zero-order chi connectivity index (χ0) is 24.6. The predicted octanol–water partition coefficient (Wildman–Crippen LogP) is 3.77. The number of aryl methyl sites for hydroxylation is 1. The number of aliphatic hydroxyl groups is 1. The van der Waals surface area contributed by atoms with Crippen molar-refractivity contribution in [1.29, 1.82) is 0 Å². The highest BCUT2D eigenvalue weighted by Crippen LogP contribution is 2.44. The first kappa shape index (κ1) is 22.8. The highest BCUT2D eigenvalue weighted by Gasteiger charge is 2.48. The molecule has 0 aliphatic carbocycles. The number of nitro groups is 1. The average Bonchev–Trinajstić information content (AvgIpc) is 3.35. The van der Waals surface area contributed by atoms with Crippen LogP contribution in [0.5, 0.6) is 0 Å². The fourth-order valence-electron chi connectivity index (χ4n) is 3.67. The van der Waals surface area contributed by atoms with E-state index in [1.807, 2.05) is 0 Å². The number of hydrogen-bond acceptors (Lipinski definition) is 9. The summed E-state index contributed by atoms with van der Waals surface area (Å²) in [7, 11) is 1.20. The molecule has 1 aliphatic heterocycles. The van der Waals surface area contributed by atoms with Crippen molar-refractivity contribution < 1.29 is 29.2 Å². The van der Waals surface area contributed by atoms with Crippen molar-refractivity contribution in [1.82, 2.24) is 4.98 Å². The van der Waals surface area contributed by atoms with Crippen LogP contribution < -0.4 is 4.90 Å². The second-order valence-corrected chi connectivity index (χ2v) is 8.27. The van der Waals surface area contributed by atoms with Crippen molar-refractivity contribution in [2.75, 3.05) is 12.0 Å². The molecule has 3 aromatic rings. The van der Waals surface area contributed by atoms with Crippen molar-refractivity contribution in [2.45, 2.75) is 13.0 Å². The molecule has 0 spiro atoms. The summed E-state index contributed by atoms with van der Waals surface area (Å²) in [5, 5.41) is 22.4. The number of ether oxygens (including phenoxy) is 1. The Morgan fingerprint density at radius 2 is 1.88 bits per heavy atom. The van der Waals surface area contributed by atoms with Crippen molar-refractivity contribution in [3.8, 4) is 0 Å². The average molecular weight is 479 g/mol. The topological polar surface area (TPSA) is 140 Å². The molecule has 1 aromatic heterocycles. The molecule has 1 fully saturated rings. The summed E-state index contributed by atoms with van der Waals surface area (Å²) >= 11 is 0.843. The number of esters is 1. The number of methoxy groups -OCH3 is 1. The van der Waals surface area contributed by atoms with E-state index in [1.54, 1.807) is 37.3 Å². The van der Waals surface area contributed by atoms with Crippen LogP contribution in [0.25, 0.3) is 5.76 Å². The molecule has 0 saturated carbocycles. The number of non-ortho nitro benzene ring substituents is 1. The number of thiazole rings is 1. The van der Waals surface area contributed by atoms with Crippen LogP contribution in [-0.4, -0.2) is 39.8 Å². The van der Waals surface area contributed by atoms with Gasteiger partial charge in [0.15, 0.2) is 5.13 Å². The van der Waals surface area contributed by atoms with Gasteiger partial charge in [-0.05, 0) is 12.5 Å². The molecule has 2 aromatic carbocycles. The predicted molar refractivity (Wildman–Crippen MR) is 123 cm³/mol. The Morgan fingerprint density at radius 1 is 1.18 bits per heavy atom. The van der Waals surface area contributed by atoms with Gasteiger partial charge in [-0.2, -0.15) is 0 Å². The van der Waals surface area contributed by atoms with E-state index in [1.165, 1.54) is 31.4 Å². The number of ketones is 1. The second kappa shape index (κ2) is 8.87. The van der Waals surface area contributed by atoms with Gasteiger partial charge in [-0.25, -0.2) is 9.78 Å². The minimum absolute atomic E-state index is 0.0172. The van der Waals surface area contributed by atoms with Gasteiger partial charge in [0, 0.05) is 17.7 Å². The molecule has 4 rings (SSSR count). The summed E-state index contributed by atoms with van der Waals surface area (Å²) in [5.41, 5.74) is 0.298. The van der Waals surface area contributed by atoms with Gasteiger partial charge in [0.2, 0.25) is 0 Å². The third kappa shape index (κ3) is 3.82. The molecule has 1 saturated heterocycles. The number of aliphatic hydroxyl groups excluding tert-OH is 1. The normalized spacial score (nSPS) is 17.1. The van der Waals surface area contributed by atoms with Crippen LogP contribution in [0, 0.1) is 17.0 Å². The van der Waals surface area contributed by atoms with Crippen LogP contribution in [-0.2, 0) is 14.3 Å². The molecule has 1 N–H and O–H groups in total. The van der Waals surface area contributed by atoms with Crippen LogP contribution in [0.4, 0.5) is 10.8 Å². The van der Waals surface area contributed by atoms with Crippen molar-refractivity contribution in [3.63, 3.8) is 0 Å². The Morgan fingerprint density at radius 3 is 2.53 bits per heavy atom. The standard InChI is InChI=1S/C23H17N3O7S/c1-12-20(22(30)33-2)34-23(24-12)25-17(14-9-6-10-15(11-14)26(31)32)16(19(28)21(25)29)18(27)13-7-4-3-5-8-13/h3-11,17,27H,1-2H3/t17-/m0/s1. The molecule has 11 heteroatoms. The van der Waals surface area contributed by atoms with E-state index in [4.69, 9.17) is 4.74 Å². The van der Waals surface area contributed by atoms with E-state index in [0.717, 1.165) is 16.2 Å². The Labute approximate surface area is 196 Å². The molecule has 1 amide bonds. The molecule has 172 valence electrons. The Hall–Kier alpha value is -4.38. The Balaban J connectivity index is 1.96. The minimum Gasteiger partial charge on any atom is -0.507 e. The maximum Gasteiger partial charge on any atom is 0.350 e. The van der Waals surface area contributed by atoms with Gasteiger partial charge in [0.1, 0.15) is 10.6 Å². The van der Waals surface area contributed by atoms with Crippen molar-refractivity contribution in [3.05, 3.63) is 92.0 Å². The van der Waals surface area contributed by atoms with E-state index in [9.17, 15) is 29.6 Å². The van der Waals surface area contributed by atoms with Crippen LogP contribution >= 0.6 is 11.3 Å². The number of amides is 1. The third-order valence-electron chi connectivity index (χ3n) is 5.25. The highest BCUT2D eigenvalue weighted by molar-refractivity contribution is 7.17. The summed E-state index contributed by atoms with van der Waals surface area (Å²) in [6.07, 6.45) is 0. The van der Waals surface area contributed by atoms with E-state index < -0.39 is 34.4 Å². The number of aromatic nitrogens is 1. The van der Waals surface area contributed by atoms with Gasteiger partial charge in [-0.1, -0.05) is 53.8 Å². The van der Waals surface area contributed by atoms with Gasteiger partial charge >= 0.3 is 11.9 Å². The lowest BCUT2D eigenvalue weighted by molar-refractivity contribution is -0.384. The quantitative estimate of drug-likeness (QED) is 0.146. The number of carbonyl (C=O) groups is 3. The first-order valence-corrected chi connectivity index (χ1v) is 10.7. The first-order valence-electron chi connectivity index (χ1n) is 9.91. The molecule has 0 radical (unpaired) electrons. The number of hydrogen-bond donors (Lipinski definition) is 1. The number of nitro benzene ring substituents is 1. The maximum absolute atomic E-state index is 13.2. The molecule has 2 heterocycles. The first-order chi connectivity index (χ1) is 16.2. The smallest absolute Gasteiger partial charge is 0.350 e. The molecular weight excluding hydrogens is 462 g/mol. The number of Topliss-reactive ketones (excluding diaryl/α,β-unsaturated/α-hetero) is 1. The molecule has 0 unspecified atom stereocenters. The van der Waals surface area contributed by atoms with Crippen molar-refractivity contribution in [2.24, 2.45) is 0 Å². The summed E-state index contributed by atoms with van der Waals surface area (Å²) in [6.45, 7) is 1.55. The third-order valence-corrected chi connectivity index (χ3v) is 6.39. The summed E-state index contributed by atoms with van der Waals surface area (Å²) in [4.78, 5) is 54.6. The molecule has 10 nitrogen and oxygen atoms in total. The summed E-state index contributed by atoms with van der Waals surface area (Å²) < 4.78 is 4.75. The largest absolute Gasteiger partial charge is 0.507 e. The van der Waals surface area contributed by atoms with E-state index in [0.29, 0.717) is 5.56 Å². The molecule has 34 heavy (non-hydrogen) atoms. The lowest BCUT2D eigenvalue weighted by atomic mass is 9.95. The van der Waals surface area contributed by atoms with Crippen LogP contribution in [0.2, 0.25) is 0 Å². The Bertz CT molecular complexity index is 1360. The summed E-state index contributed by atoms with van der Waals surface area (Å²) in [5.74, 6) is -3.06. The number of anilines is 1. The maximum atomic E-state index is 13.2. The highest BCUT2D eigenvalue weighted by atomic mass is 32.1. The van der Waals surface area contributed by atoms with E-state index >= 15 is 0 Å². The molecule has 0 bridgehead atoms. The second-order valence-electron chi connectivity index (χ2n) is 7.29. The number of benzene rings is 2. The van der Waals surface area contributed by atoms with Gasteiger partial charge in [-0.15, -0.1) is 0 Å². The van der Waals surface area contributed by atoms with E-state index in [-0.39, 0.29) is 32.5 Å². The lowest BCUT2D eigenvalue weighted by Crippen LogP contribution is -2.29. The fourth-order valence-corrected chi connectivity index (χ4v) is 4.68. The van der Waals surface area contributed by atoms with Crippen molar-refractivity contribution >= 4 is 45.6 Å². The monoisotopic (exact) mass is 479 g/mol. The lowest BCUT2D eigenvalue weighted by Gasteiger charge is -2.22. The van der Waals surface area contributed by atoms with Gasteiger partial charge < -0.3 is 9.84 Å². The van der Waals surface area contributed by atoms with Gasteiger partial charge in [0.25, 0.3) is 11.5 Å². The zero-order valence-corrected chi connectivity index (χ0v) is 18.7. The zero-order valence-electron chi connectivity index (χ0n) is 17.9. The van der Waals surface area contributed by atoms with Gasteiger partial charge in [-0.3, -0.25) is 24.6 Å². The van der Waals surface area contributed by atoms with Crippen LogP contribution in [0.15, 0.2) is 60.2 Å². The van der Waals surface area contributed by atoms with Gasteiger partial charge in [0.05, 0.1) is 29.3 Å². The molecule has 1 atom stereocenters. The Kier molecular flexibility index (Phi) is 5.95. The summed E-state index contributed by atoms with van der Waals surface area (Å²) in [6, 6.07) is 12.4. The number of nitrogens with zero attached hydrogens (tertiary/aromatic N) is 3. The fraction of sp³-hybridized carbons (Fsp3) is 0.130. The number of rotatable bonds is 5. The molecular formula is C23H17N3O7S. The minimum atomic E-state index is -1.21. The van der Waals surface area contributed by atoms with E-state index in [2.05, 4.69) is 4.98 Å².